The second-order valence-corrected chi connectivity index (χ2v) is 13.6. The highest BCUT2D eigenvalue weighted by Gasteiger charge is 2.37. The Morgan fingerprint density at radius 2 is 1.82 bits per heavy atom. The maximum atomic E-state index is 15.5. The number of hydrogen-bond acceptors (Lipinski definition) is 7. The Labute approximate surface area is 261 Å². The van der Waals surface area contributed by atoms with E-state index in [2.05, 4.69) is 49.4 Å². The minimum Gasteiger partial charge on any atom is -0.464 e. The molecule has 10 heteroatoms. The van der Waals surface area contributed by atoms with E-state index in [9.17, 15) is 4.79 Å². The van der Waals surface area contributed by atoms with Gasteiger partial charge < -0.3 is 9.32 Å². The van der Waals surface area contributed by atoms with Gasteiger partial charge in [-0.1, -0.05) is 25.4 Å². The predicted octanol–water partition coefficient (Wildman–Crippen LogP) is 7.51. The number of nitrogens with zero attached hydrogens (tertiary/aromatic N) is 6. The Kier molecular flexibility index (Phi) is 7.53. The number of pyridine rings is 2. The first-order valence-corrected chi connectivity index (χ1v) is 15.4. The Bertz CT molecular complexity index is 1960. The SMILES string of the molecule is Cc1ccnc(C(C)C)c1-n1c(=O)nc(N2C[C@@H](C)N(C(C)(C)C)C[C@@H]2C)c2cc(Cl)c(-c3c(F)ccc4ccoc34)nc21. The number of halogens is 2. The van der Waals surface area contributed by atoms with Gasteiger partial charge in [0.2, 0.25) is 0 Å². The summed E-state index contributed by atoms with van der Waals surface area (Å²) in [4.78, 5) is 33.2. The number of hydrogen-bond donors (Lipinski definition) is 0. The van der Waals surface area contributed by atoms with Gasteiger partial charge in [0.1, 0.15) is 17.2 Å². The van der Waals surface area contributed by atoms with Crippen molar-refractivity contribution in [3.8, 4) is 16.9 Å². The van der Waals surface area contributed by atoms with Crippen molar-refractivity contribution in [3.63, 3.8) is 0 Å². The van der Waals surface area contributed by atoms with Gasteiger partial charge in [-0.15, -0.1) is 0 Å². The standard InChI is InChI=1S/C34H38ClFN6O2/c1-18(2)27-29(19(3)11-13-37-27)42-32-23(15-24(35)28(38-32)26-25(36)10-9-22-12-14-44-30(22)26)31(39-33(42)43)40-16-21(5)41(17-20(40)4)34(6,7)8/h9-15,18,20-21H,16-17H2,1-8H3/t20-,21+/m0/s1. The molecular weight excluding hydrogens is 579 g/mol. The van der Waals surface area contributed by atoms with Crippen LogP contribution < -0.4 is 10.6 Å². The quantitative estimate of drug-likeness (QED) is 0.207. The molecule has 1 aromatic carbocycles. The lowest BCUT2D eigenvalue weighted by atomic mass is 9.98. The molecule has 0 bridgehead atoms. The normalized spacial score (nSPS) is 18.2. The van der Waals surface area contributed by atoms with E-state index in [1.807, 2.05) is 26.8 Å². The highest BCUT2D eigenvalue weighted by molar-refractivity contribution is 6.34. The summed E-state index contributed by atoms with van der Waals surface area (Å²) >= 11 is 6.96. The van der Waals surface area contributed by atoms with Crippen molar-refractivity contribution in [1.29, 1.82) is 0 Å². The molecular formula is C34H38ClFN6O2. The summed E-state index contributed by atoms with van der Waals surface area (Å²) in [7, 11) is 0. The molecule has 5 heterocycles. The van der Waals surface area contributed by atoms with Crippen molar-refractivity contribution in [2.45, 2.75) is 78.9 Å². The first-order valence-electron chi connectivity index (χ1n) is 15.1. The molecule has 6 rings (SSSR count). The van der Waals surface area contributed by atoms with E-state index in [0.29, 0.717) is 34.7 Å². The third-order valence-electron chi connectivity index (χ3n) is 8.65. The third-order valence-corrected chi connectivity index (χ3v) is 8.94. The minimum absolute atomic E-state index is 0.0129. The van der Waals surface area contributed by atoms with Crippen LogP contribution in [0.2, 0.25) is 5.02 Å². The van der Waals surface area contributed by atoms with Gasteiger partial charge in [-0.3, -0.25) is 9.88 Å². The van der Waals surface area contributed by atoms with E-state index in [-0.39, 0.29) is 39.8 Å². The number of piperazine rings is 1. The maximum Gasteiger partial charge on any atom is 0.355 e. The molecule has 230 valence electrons. The van der Waals surface area contributed by atoms with Gasteiger partial charge in [0, 0.05) is 42.3 Å². The van der Waals surface area contributed by atoms with Crippen molar-refractivity contribution in [1.82, 2.24) is 24.4 Å². The van der Waals surface area contributed by atoms with Crippen LogP contribution in [0.1, 0.15) is 65.6 Å². The van der Waals surface area contributed by atoms with Gasteiger partial charge >= 0.3 is 5.69 Å². The zero-order chi connectivity index (χ0) is 31.7. The summed E-state index contributed by atoms with van der Waals surface area (Å²) in [5.41, 5.74) is 2.70. The fourth-order valence-corrected chi connectivity index (χ4v) is 6.82. The summed E-state index contributed by atoms with van der Waals surface area (Å²) in [6.07, 6.45) is 3.25. The topological polar surface area (TPSA) is 80.3 Å². The number of fused-ring (bicyclic) bond motifs is 2. The summed E-state index contributed by atoms with van der Waals surface area (Å²) in [5, 5.41) is 1.55. The average Bonchev–Trinajstić information content (AvgIpc) is 3.42. The average molecular weight is 617 g/mol. The smallest absolute Gasteiger partial charge is 0.355 e. The number of aryl methyl sites for hydroxylation is 1. The van der Waals surface area contributed by atoms with Crippen LogP contribution in [0.3, 0.4) is 0 Å². The first-order chi connectivity index (χ1) is 20.8. The Balaban J connectivity index is 1.68. The number of furan rings is 1. The van der Waals surface area contributed by atoms with Gasteiger partial charge in [-0.2, -0.15) is 4.98 Å². The summed E-state index contributed by atoms with van der Waals surface area (Å²) in [6, 6.07) is 8.66. The summed E-state index contributed by atoms with van der Waals surface area (Å²) in [6.45, 7) is 18.4. The lowest BCUT2D eigenvalue weighted by Crippen LogP contribution is -2.62. The van der Waals surface area contributed by atoms with Gasteiger partial charge in [-0.25, -0.2) is 18.7 Å². The first kappa shape index (κ1) is 30.2. The molecule has 0 unspecified atom stereocenters. The van der Waals surface area contributed by atoms with Gasteiger partial charge in [0.15, 0.2) is 5.65 Å². The van der Waals surface area contributed by atoms with Crippen molar-refractivity contribution < 1.29 is 8.81 Å². The second-order valence-electron chi connectivity index (χ2n) is 13.2. The minimum atomic E-state index is -0.523. The molecule has 0 saturated carbocycles. The molecule has 1 aliphatic rings. The monoisotopic (exact) mass is 616 g/mol. The predicted molar refractivity (Wildman–Crippen MR) is 175 cm³/mol. The summed E-state index contributed by atoms with van der Waals surface area (Å²) < 4.78 is 22.7. The Hall–Kier alpha value is -3.82. The van der Waals surface area contributed by atoms with Crippen LogP contribution in [-0.4, -0.2) is 55.1 Å². The highest BCUT2D eigenvalue weighted by atomic mass is 35.5. The van der Waals surface area contributed by atoms with Gasteiger partial charge in [0.25, 0.3) is 0 Å². The highest BCUT2D eigenvalue weighted by Crippen LogP contribution is 2.39. The Morgan fingerprint density at radius 1 is 1.07 bits per heavy atom. The molecule has 8 nitrogen and oxygen atoms in total. The van der Waals surface area contributed by atoms with E-state index in [1.54, 1.807) is 24.4 Å². The largest absolute Gasteiger partial charge is 0.464 e. The van der Waals surface area contributed by atoms with Crippen molar-refractivity contribution >= 4 is 39.4 Å². The van der Waals surface area contributed by atoms with Crippen molar-refractivity contribution in [2.75, 3.05) is 18.0 Å². The molecule has 4 aromatic heterocycles. The number of benzene rings is 1. The second kappa shape index (κ2) is 11.0. The summed E-state index contributed by atoms with van der Waals surface area (Å²) in [5.74, 6) is 0.00365. The van der Waals surface area contributed by atoms with E-state index in [1.165, 1.54) is 16.9 Å². The molecule has 5 aromatic rings. The molecule has 0 spiro atoms. The molecule has 1 saturated heterocycles. The zero-order valence-electron chi connectivity index (χ0n) is 26.4. The molecule has 0 N–H and O–H groups in total. The van der Waals surface area contributed by atoms with Gasteiger partial charge in [0.05, 0.1) is 39.3 Å². The lowest BCUT2D eigenvalue weighted by molar-refractivity contribution is 0.0651. The Morgan fingerprint density at radius 3 is 2.52 bits per heavy atom. The molecule has 2 atom stereocenters. The number of aromatic nitrogens is 4. The lowest BCUT2D eigenvalue weighted by Gasteiger charge is -2.50. The molecule has 0 amide bonds. The van der Waals surface area contributed by atoms with Crippen LogP contribution in [0.25, 0.3) is 38.9 Å². The van der Waals surface area contributed by atoms with Crippen molar-refractivity contribution in [3.05, 3.63) is 75.4 Å². The third kappa shape index (κ3) is 4.96. The van der Waals surface area contributed by atoms with Crippen LogP contribution in [0, 0.1) is 12.7 Å². The van der Waals surface area contributed by atoms with E-state index < -0.39 is 11.5 Å². The van der Waals surface area contributed by atoms with Crippen LogP contribution in [0.4, 0.5) is 10.2 Å². The fraction of sp³-hybridized carbons (Fsp3) is 0.412. The van der Waals surface area contributed by atoms with Crippen LogP contribution >= 0.6 is 11.6 Å². The van der Waals surface area contributed by atoms with Crippen LogP contribution in [-0.2, 0) is 0 Å². The van der Waals surface area contributed by atoms with Crippen LogP contribution in [0.5, 0.6) is 0 Å². The number of anilines is 1. The maximum absolute atomic E-state index is 15.5. The molecule has 0 aliphatic carbocycles. The zero-order valence-corrected chi connectivity index (χ0v) is 27.2. The van der Waals surface area contributed by atoms with Crippen molar-refractivity contribution in [2.24, 2.45) is 0 Å². The molecule has 1 fully saturated rings. The van der Waals surface area contributed by atoms with E-state index in [4.69, 9.17) is 26.0 Å². The molecule has 0 radical (unpaired) electrons. The van der Waals surface area contributed by atoms with Gasteiger partial charge in [-0.05, 0) is 83.4 Å². The fourth-order valence-electron chi connectivity index (χ4n) is 6.57. The molecule has 44 heavy (non-hydrogen) atoms. The molecule has 1 aliphatic heterocycles. The number of rotatable bonds is 4. The van der Waals surface area contributed by atoms with E-state index >= 15 is 4.39 Å². The van der Waals surface area contributed by atoms with E-state index in [0.717, 1.165) is 23.2 Å². The van der Waals surface area contributed by atoms with Crippen LogP contribution in [0.15, 0.2) is 52.0 Å².